The fourth-order valence-corrected chi connectivity index (χ4v) is 0.518. The lowest BCUT2D eigenvalue weighted by molar-refractivity contribution is 1.02. The summed E-state index contributed by atoms with van der Waals surface area (Å²) in [5.41, 5.74) is 1.58. The van der Waals surface area contributed by atoms with Crippen LogP contribution in [0.3, 0.4) is 0 Å². The van der Waals surface area contributed by atoms with E-state index in [1.165, 1.54) is 0 Å². The van der Waals surface area contributed by atoms with Gasteiger partial charge in [-0.05, 0) is 6.08 Å². The van der Waals surface area contributed by atoms with Gasteiger partial charge in [-0.15, -0.1) is 0 Å². The molecule has 0 saturated heterocycles. The maximum absolute atomic E-state index is 3.60. The summed E-state index contributed by atoms with van der Waals surface area (Å²) in [6.07, 6.45) is 1.67. The van der Waals surface area contributed by atoms with Crippen molar-refractivity contribution in [3.05, 3.63) is 24.9 Å². The Morgan fingerprint density at radius 2 is 2.43 bits per heavy atom. The predicted octanol–water partition coefficient (Wildman–Crippen LogP) is 1.63. The van der Waals surface area contributed by atoms with E-state index in [9.17, 15) is 0 Å². The van der Waals surface area contributed by atoms with Gasteiger partial charge in [-0.1, -0.05) is 29.1 Å². The number of allylic oxidation sites excluding steroid dienone is 1. The van der Waals surface area contributed by atoms with Crippen LogP contribution in [0.15, 0.2) is 24.9 Å². The summed E-state index contributed by atoms with van der Waals surface area (Å²) in [6.45, 7) is 7.10. The average molecular weight is 162 g/mol. The second-order valence-electron chi connectivity index (χ2n) is 1.04. The lowest BCUT2D eigenvalue weighted by Crippen LogP contribution is -2.05. The smallest absolute Gasteiger partial charge is 0.0707 e. The van der Waals surface area contributed by atoms with Gasteiger partial charge in [-0.25, -0.2) is 0 Å². The molecule has 0 aliphatic rings. The molecule has 0 spiro atoms. The van der Waals surface area contributed by atoms with Crippen molar-refractivity contribution in [2.45, 2.75) is 0 Å². The van der Waals surface area contributed by atoms with Crippen molar-refractivity contribution >= 4 is 15.9 Å². The molecule has 1 nitrogen and oxygen atoms in total. The van der Waals surface area contributed by atoms with E-state index in [-0.39, 0.29) is 0 Å². The highest BCUT2D eigenvalue weighted by Gasteiger charge is 1.76. The van der Waals surface area contributed by atoms with Crippen LogP contribution in [0.4, 0.5) is 0 Å². The van der Waals surface area contributed by atoms with Gasteiger partial charge in [0.1, 0.15) is 0 Å². The zero-order chi connectivity index (χ0) is 5.70. The van der Waals surface area contributed by atoms with E-state index in [4.69, 9.17) is 0 Å². The highest BCUT2D eigenvalue weighted by Crippen LogP contribution is 1.83. The first-order valence-corrected chi connectivity index (χ1v) is 3.04. The lowest BCUT2D eigenvalue weighted by atomic mass is 10.5. The van der Waals surface area contributed by atoms with Gasteiger partial charge in [0.2, 0.25) is 0 Å². The minimum Gasteiger partial charge on any atom is -0.376 e. The Kier molecular flexibility index (Phi) is 3.80. The number of hydrogen-bond donors (Lipinski definition) is 1. The standard InChI is InChI=1S/C5H8BrN/c1-3-5(2)7-4-6/h3,7H,1-2,4H2. The maximum atomic E-state index is 3.60. The van der Waals surface area contributed by atoms with Crippen LogP contribution < -0.4 is 5.32 Å². The Balaban J connectivity index is 3.17. The largest absolute Gasteiger partial charge is 0.376 e. The minimum absolute atomic E-state index is 0.734. The second-order valence-corrected chi connectivity index (χ2v) is 1.60. The summed E-state index contributed by atoms with van der Waals surface area (Å²) in [5.74, 6) is 0. The number of rotatable bonds is 3. The van der Waals surface area contributed by atoms with E-state index in [0.717, 1.165) is 11.2 Å². The normalized spacial score (nSPS) is 7.57. The van der Waals surface area contributed by atoms with E-state index in [1.54, 1.807) is 6.08 Å². The van der Waals surface area contributed by atoms with Crippen LogP contribution in [0.5, 0.6) is 0 Å². The van der Waals surface area contributed by atoms with Crippen LogP contribution in [-0.2, 0) is 0 Å². The molecule has 2 heteroatoms. The van der Waals surface area contributed by atoms with Crippen molar-refractivity contribution in [1.29, 1.82) is 0 Å². The number of hydrogen-bond acceptors (Lipinski definition) is 1. The molecule has 0 rings (SSSR count). The van der Waals surface area contributed by atoms with Crippen molar-refractivity contribution in [2.24, 2.45) is 0 Å². The van der Waals surface area contributed by atoms with Gasteiger partial charge in [0.25, 0.3) is 0 Å². The highest BCUT2D eigenvalue weighted by atomic mass is 79.9. The Bertz CT molecular complexity index is 78.1. The van der Waals surface area contributed by atoms with Crippen LogP contribution in [0.2, 0.25) is 0 Å². The van der Waals surface area contributed by atoms with Gasteiger partial charge in [0.15, 0.2) is 0 Å². The van der Waals surface area contributed by atoms with Gasteiger partial charge in [0, 0.05) is 5.70 Å². The molecule has 1 N–H and O–H groups in total. The van der Waals surface area contributed by atoms with Crippen molar-refractivity contribution in [2.75, 3.05) is 5.45 Å². The number of alkyl halides is 1. The third-order valence-corrected chi connectivity index (χ3v) is 0.821. The molecule has 0 aromatic carbocycles. The molecular formula is C5H8BrN. The van der Waals surface area contributed by atoms with Crippen molar-refractivity contribution in [3.8, 4) is 0 Å². The first-order chi connectivity index (χ1) is 3.31. The molecule has 0 amide bonds. The third-order valence-electron chi connectivity index (χ3n) is 0.540. The summed E-state index contributed by atoms with van der Waals surface area (Å²) in [7, 11) is 0. The number of nitrogens with one attached hydrogen (secondary N) is 1. The van der Waals surface area contributed by atoms with E-state index in [2.05, 4.69) is 34.4 Å². The average Bonchev–Trinajstić information content (AvgIpc) is 1.68. The molecular weight excluding hydrogens is 154 g/mol. The van der Waals surface area contributed by atoms with Gasteiger partial charge < -0.3 is 5.32 Å². The molecule has 0 unspecified atom stereocenters. The molecule has 7 heavy (non-hydrogen) atoms. The molecule has 0 radical (unpaired) electrons. The van der Waals surface area contributed by atoms with Crippen LogP contribution in [0, 0.1) is 0 Å². The van der Waals surface area contributed by atoms with Crippen molar-refractivity contribution in [3.63, 3.8) is 0 Å². The Morgan fingerprint density at radius 3 is 2.57 bits per heavy atom. The van der Waals surface area contributed by atoms with Crippen LogP contribution in [-0.4, -0.2) is 5.45 Å². The van der Waals surface area contributed by atoms with E-state index in [1.807, 2.05) is 0 Å². The summed E-state index contributed by atoms with van der Waals surface area (Å²) < 4.78 is 0. The van der Waals surface area contributed by atoms with Gasteiger partial charge in [0.05, 0.1) is 5.45 Å². The van der Waals surface area contributed by atoms with E-state index >= 15 is 0 Å². The van der Waals surface area contributed by atoms with Gasteiger partial charge >= 0.3 is 0 Å². The van der Waals surface area contributed by atoms with E-state index < -0.39 is 0 Å². The highest BCUT2D eigenvalue weighted by molar-refractivity contribution is 9.09. The molecule has 0 atom stereocenters. The molecule has 0 bridgehead atoms. The second kappa shape index (κ2) is 3.93. The maximum Gasteiger partial charge on any atom is 0.0707 e. The Morgan fingerprint density at radius 1 is 1.86 bits per heavy atom. The zero-order valence-electron chi connectivity index (χ0n) is 4.08. The quantitative estimate of drug-likeness (QED) is 0.377. The molecule has 0 aromatic heterocycles. The Hall–Kier alpha value is -0.240. The fourth-order valence-electron chi connectivity index (χ4n) is 0.158. The molecule has 0 saturated carbocycles. The third kappa shape index (κ3) is 3.59. The topological polar surface area (TPSA) is 12.0 Å². The summed E-state index contributed by atoms with van der Waals surface area (Å²) in [5, 5.41) is 2.90. The zero-order valence-corrected chi connectivity index (χ0v) is 5.66. The van der Waals surface area contributed by atoms with Gasteiger partial charge in [-0.3, -0.25) is 0 Å². The molecule has 0 aliphatic heterocycles. The molecule has 40 valence electrons. The monoisotopic (exact) mass is 161 g/mol. The van der Waals surface area contributed by atoms with Crippen molar-refractivity contribution in [1.82, 2.24) is 5.32 Å². The minimum atomic E-state index is 0.734. The lowest BCUT2D eigenvalue weighted by Gasteiger charge is -1.95. The molecule has 0 heterocycles. The first kappa shape index (κ1) is 6.76. The number of halogens is 1. The van der Waals surface area contributed by atoms with Gasteiger partial charge in [-0.2, -0.15) is 0 Å². The molecule has 0 fully saturated rings. The van der Waals surface area contributed by atoms with E-state index in [0.29, 0.717) is 0 Å². The summed E-state index contributed by atoms with van der Waals surface area (Å²) >= 11 is 3.17. The first-order valence-electron chi connectivity index (χ1n) is 1.92. The Labute approximate surface area is 52.2 Å². The fraction of sp³-hybridized carbons (Fsp3) is 0.200. The molecule has 0 aromatic rings. The predicted molar refractivity (Wildman–Crippen MR) is 36.3 cm³/mol. The van der Waals surface area contributed by atoms with Crippen LogP contribution in [0.25, 0.3) is 0 Å². The summed E-state index contributed by atoms with van der Waals surface area (Å²) in [4.78, 5) is 0. The molecule has 0 aliphatic carbocycles. The van der Waals surface area contributed by atoms with Crippen LogP contribution >= 0.6 is 15.9 Å². The van der Waals surface area contributed by atoms with Crippen LogP contribution in [0.1, 0.15) is 0 Å². The SMILES string of the molecule is C=CC(=C)NCBr. The summed E-state index contributed by atoms with van der Waals surface area (Å²) in [6, 6.07) is 0. The van der Waals surface area contributed by atoms with Crippen molar-refractivity contribution < 1.29 is 0 Å².